The first-order valence-corrected chi connectivity index (χ1v) is 8.24. The zero-order valence-corrected chi connectivity index (χ0v) is 13.9. The van der Waals surface area contributed by atoms with Crippen molar-refractivity contribution in [2.24, 2.45) is 0 Å². The van der Waals surface area contributed by atoms with Crippen molar-refractivity contribution in [3.05, 3.63) is 71.6 Å². The zero-order valence-electron chi connectivity index (χ0n) is 13.9. The van der Waals surface area contributed by atoms with Crippen LogP contribution in [0, 0.1) is 0 Å². The highest BCUT2D eigenvalue weighted by atomic mass is 16.1. The topological polar surface area (TPSA) is 70.7 Å². The maximum absolute atomic E-state index is 12.1. The van der Waals surface area contributed by atoms with E-state index in [1.54, 1.807) is 12.4 Å². The summed E-state index contributed by atoms with van der Waals surface area (Å²) in [7, 11) is 0. The average molecular weight is 330 g/mol. The molecule has 124 valence electrons. The number of hydrogen-bond donors (Lipinski definition) is 2. The van der Waals surface area contributed by atoms with E-state index in [0.717, 1.165) is 28.0 Å². The molecule has 25 heavy (non-hydrogen) atoms. The van der Waals surface area contributed by atoms with Crippen LogP contribution in [0.3, 0.4) is 0 Å². The fraction of sp³-hybridized carbons (Fsp3) is 0.150. The summed E-state index contributed by atoms with van der Waals surface area (Å²) in [6.07, 6.45) is 6.09. The normalized spacial score (nSPS) is 17.1. The summed E-state index contributed by atoms with van der Waals surface area (Å²) >= 11 is 0. The molecule has 0 unspecified atom stereocenters. The standard InChI is InChI=1S/C20H18N4O/c1-13(10-14-6-3-2-4-7-14)16-11-17(25)22-20-18(16)19(23-24-20)15-8-5-9-21-12-15/h2-10,12,16H,11H2,1H3,(H2,22,23,24,25)/b13-10+/t16-/m1/s1. The molecule has 0 saturated carbocycles. The molecule has 0 aliphatic carbocycles. The van der Waals surface area contributed by atoms with Crippen LogP contribution in [0.25, 0.3) is 17.3 Å². The van der Waals surface area contributed by atoms with Gasteiger partial charge in [-0.1, -0.05) is 42.0 Å². The molecule has 2 N–H and O–H groups in total. The van der Waals surface area contributed by atoms with Crippen molar-refractivity contribution in [1.29, 1.82) is 0 Å². The third kappa shape index (κ3) is 2.96. The molecule has 5 nitrogen and oxygen atoms in total. The average Bonchev–Trinajstić information content (AvgIpc) is 3.06. The molecule has 4 rings (SSSR count). The Morgan fingerprint density at radius 1 is 1.20 bits per heavy atom. The van der Waals surface area contributed by atoms with Crippen molar-refractivity contribution in [2.45, 2.75) is 19.3 Å². The van der Waals surface area contributed by atoms with Gasteiger partial charge < -0.3 is 5.32 Å². The fourth-order valence-electron chi connectivity index (χ4n) is 3.29. The Labute approximate surface area is 145 Å². The number of allylic oxidation sites excluding steroid dienone is 1. The summed E-state index contributed by atoms with van der Waals surface area (Å²) in [6, 6.07) is 14.0. The monoisotopic (exact) mass is 330 g/mol. The summed E-state index contributed by atoms with van der Waals surface area (Å²) in [5, 5.41) is 10.3. The minimum absolute atomic E-state index is 0.0115. The van der Waals surface area contributed by atoms with Crippen molar-refractivity contribution in [2.75, 3.05) is 5.32 Å². The lowest BCUT2D eigenvalue weighted by Gasteiger charge is -2.24. The molecule has 0 spiro atoms. The number of carbonyl (C=O) groups is 1. The number of H-pyrrole nitrogens is 1. The summed E-state index contributed by atoms with van der Waals surface area (Å²) in [6.45, 7) is 2.07. The van der Waals surface area contributed by atoms with Crippen LogP contribution in [0.2, 0.25) is 0 Å². The Balaban J connectivity index is 1.80. The van der Waals surface area contributed by atoms with Gasteiger partial charge in [-0.3, -0.25) is 14.9 Å². The van der Waals surface area contributed by atoms with E-state index in [-0.39, 0.29) is 11.8 Å². The maximum atomic E-state index is 12.1. The molecule has 0 fully saturated rings. The van der Waals surface area contributed by atoms with Gasteiger partial charge in [-0.2, -0.15) is 5.10 Å². The van der Waals surface area contributed by atoms with Gasteiger partial charge in [0.15, 0.2) is 5.82 Å². The van der Waals surface area contributed by atoms with E-state index < -0.39 is 0 Å². The van der Waals surface area contributed by atoms with Crippen molar-refractivity contribution >= 4 is 17.8 Å². The predicted molar refractivity (Wildman–Crippen MR) is 97.9 cm³/mol. The number of anilines is 1. The SMILES string of the molecule is C/C(=C\c1ccccc1)[C@H]1CC(=O)Nc2n[nH]c(-c3cccnc3)c21. The number of benzene rings is 1. The van der Waals surface area contributed by atoms with Crippen LogP contribution < -0.4 is 5.32 Å². The van der Waals surface area contributed by atoms with E-state index in [1.807, 2.05) is 30.3 Å². The van der Waals surface area contributed by atoms with Gasteiger partial charge in [-0.15, -0.1) is 0 Å². The first kappa shape index (κ1) is 15.3. The number of aromatic amines is 1. The molecule has 0 radical (unpaired) electrons. The molecule has 5 heteroatoms. The first-order chi connectivity index (χ1) is 12.2. The van der Waals surface area contributed by atoms with Crippen molar-refractivity contribution < 1.29 is 4.79 Å². The van der Waals surface area contributed by atoms with Gasteiger partial charge in [-0.25, -0.2) is 0 Å². The fourth-order valence-corrected chi connectivity index (χ4v) is 3.29. The molecule has 3 aromatic rings. The Hall–Kier alpha value is -3.21. The maximum Gasteiger partial charge on any atom is 0.226 e. The summed E-state index contributed by atoms with van der Waals surface area (Å²) < 4.78 is 0. The molecule has 1 aliphatic rings. The van der Waals surface area contributed by atoms with Crippen LogP contribution in [0.15, 0.2) is 60.4 Å². The smallest absolute Gasteiger partial charge is 0.226 e. The summed E-state index contributed by atoms with van der Waals surface area (Å²) in [4.78, 5) is 16.3. The van der Waals surface area contributed by atoms with Gasteiger partial charge in [0.25, 0.3) is 0 Å². The highest BCUT2D eigenvalue weighted by Crippen LogP contribution is 2.41. The number of pyridine rings is 1. The lowest BCUT2D eigenvalue weighted by Crippen LogP contribution is -2.23. The van der Waals surface area contributed by atoms with Gasteiger partial charge in [-0.05, 0) is 24.6 Å². The Morgan fingerprint density at radius 3 is 2.80 bits per heavy atom. The van der Waals surface area contributed by atoms with E-state index in [9.17, 15) is 4.79 Å². The molecule has 0 bridgehead atoms. The van der Waals surface area contributed by atoms with Crippen LogP contribution in [-0.2, 0) is 4.79 Å². The van der Waals surface area contributed by atoms with Crippen molar-refractivity contribution in [3.8, 4) is 11.3 Å². The van der Waals surface area contributed by atoms with Gasteiger partial charge in [0.05, 0.1) is 5.69 Å². The van der Waals surface area contributed by atoms with E-state index in [0.29, 0.717) is 12.2 Å². The number of hydrogen-bond acceptors (Lipinski definition) is 3. The van der Waals surface area contributed by atoms with Crippen LogP contribution in [0.5, 0.6) is 0 Å². The number of carbonyl (C=O) groups excluding carboxylic acids is 1. The highest BCUT2D eigenvalue weighted by molar-refractivity contribution is 5.96. The van der Waals surface area contributed by atoms with Crippen molar-refractivity contribution in [3.63, 3.8) is 0 Å². The molecule has 3 heterocycles. The lowest BCUT2D eigenvalue weighted by molar-refractivity contribution is -0.116. The number of fused-ring (bicyclic) bond motifs is 1. The van der Waals surface area contributed by atoms with Crippen molar-refractivity contribution in [1.82, 2.24) is 15.2 Å². The van der Waals surface area contributed by atoms with E-state index in [4.69, 9.17) is 0 Å². The number of nitrogens with one attached hydrogen (secondary N) is 2. The van der Waals surface area contributed by atoms with Crippen LogP contribution in [0.1, 0.15) is 30.4 Å². The number of rotatable bonds is 3. The second kappa shape index (κ2) is 6.36. The molecule has 0 saturated heterocycles. The number of aromatic nitrogens is 3. The third-order valence-electron chi connectivity index (χ3n) is 4.49. The third-order valence-corrected chi connectivity index (χ3v) is 4.49. The molecular weight excluding hydrogens is 312 g/mol. The van der Waals surface area contributed by atoms with Gasteiger partial charge in [0.2, 0.25) is 5.91 Å². The quantitative estimate of drug-likeness (QED) is 0.762. The van der Waals surface area contributed by atoms with E-state index in [2.05, 4.69) is 45.6 Å². The molecule has 1 atom stereocenters. The lowest BCUT2D eigenvalue weighted by atomic mass is 9.84. The second-order valence-electron chi connectivity index (χ2n) is 6.21. The summed E-state index contributed by atoms with van der Waals surface area (Å²) in [5.41, 5.74) is 5.16. The Bertz CT molecular complexity index is 929. The van der Waals surface area contributed by atoms with Gasteiger partial charge in [0, 0.05) is 35.9 Å². The first-order valence-electron chi connectivity index (χ1n) is 8.24. The molecule has 1 amide bonds. The second-order valence-corrected chi connectivity index (χ2v) is 6.21. The van der Waals surface area contributed by atoms with Gasteiger partial charge in [0.1, 0.15) is 0 Å². The molecule has 1 aromatic carbocycles. The largest absolute Gasteiger partial charge is 0.309 e. The minimum Gasteiger partial charge on any atom is -0.309 e. The zero-order chi connectivity index (χ0) is 17.2. The van der Waals surface area contributed by atoms with Gasteiger partial charge >= 0.3 is 0 Å². The van der Waals surface area contributed by atoms with Crippen LogP contribution in [-0.4, -0.2) is 21.1 Å². The highest BCUT2D eigenvalue weighted by Gasteiger charge is 2.31. The van der Waals surface area contributed by atoms with E-state index >= 15 is 0 Å². The number of nitrogens with zero attached hydrogens (tertiary/aromatic N) is 2. The Morgan fingerprint density at radius 2 is 2.04 bits per heavy atom. The summed E-state index contributed by atoms with van der Waals surface area (Å²) in [5.74, 6) is 0.585. The molecule has 1 aliphatic heterocycles. The molecule has 2 aromatic heterocycles. The Kier molecular flexibility index (Phi) is 3.90. The van der Waals surface area contributed by atoms with Crippen LogP contribution in [0.4, 0.5) is 5.82 Å². The predicted octanol–water partition coefficient (Wildman–Crippen LogP) is 4.00. The van der Waals surface area contributed by atoms with Crippen LogP contribution >= 0.6 is 0 Å². The molecular formula is C20H18N4O. The van der Waals surface area contributed by atoms with E-state index in [1.165, 1.54) is 0 Å². The number of amides is 1. The minimum atomic E-state index is -0.0158.